The zero-order chi connectivity index (χ0) is 57.6. The maximum Gasteiger partial charge on any atom is 0.358 e. The lowest BCUT2D eigenvalue weighted by molar-refractivity contribution is -0.136. The third-order valence-corrected chi connectivity index (χ3v) is 17.2. The van der Waals surface area contributed by atoms with Gasteiger partial charge in [0.2, 0.25) is 17.7 Å². The van der Waals surface area contributed by atoms with Crippen LogP contribution in [-0.4, -0.2) is 136 Å². The predicted molar refractivity (Wildman–Crippen MR) is 309 cm³/mol. The number of anilines is 3. The van der Waals surface area contributed by atoms with Crippen LogP contribution >= 0.6 is 11.3 Å². The summed E-state index contributed by atoms with van der Waals surface area (Å²) in [5.41, 5.74) is 5.13. The van der Waals surface area contributed by atoms with Crippen molar-refractivity contribution in [3.05, 3.63) is 130 Å². The number of imide groups is 2. The Kier molecular flexibility index (Phi) is 15.7. The number of thiazole rings is 1. The molecule has 18 nitrogen and oxygen atoms in total. The predicted octanol–water partition coefficient (Wildman–Crippen LogP) is 8.59. The Bertz CT molecular complexity index is 3510. The third kappa shape index (κ3) is 11.7. The number of halogens is 1. The van der Waals surface area contributed by atoms with Crippen LogP contribution in [0.3, 0.4) is 0 Å². The van der Waals surface area contributed by atoms with E-state index in [4.69, 9.17) is 14.5 Å². The van der Waals surface area contributed by atoms with Crippen molar-refractivity contribution in [3.8, 4) is 16.9 Å². The van der Waals surface area contributed by atoms with Gasteiger partial charge in [0.15, 0.2) is 10.8 Å². The first kappa shape index (κ1) is 55.8. The molecule has 6 aromatic rings. The second-order valence-corrected chi connectivity index (χ2v) is 24.0. The summed E-state index contributed by atoms with van der Waals surface area (Å²) in [6.07, 6.45) is 4.26. The first-order chi connectivity index (χ1) is 39.3. The minimum Gasteiger partial charge on any atom is -0.490 e. The number of para-hydroxylation sites is 1. The molecule has 426 valence electrons. The molecule has 5 aliphatic heterocycles. The molecule has 20 heteroatoms. The minimum absolute atomic E-state index is 0.00429. The minimum atomic E-state index is -1.15. The maximum atomic E-state index is 15.6. The number of pyridine rings is 1. The quantitative estimate of drug-likeness (QED) is 0.0775. The summed E-state index contributed by atoms with van der Waals surface area (Å²) >= 11 is 1.43. The summed E-state index contributed by atoms with van der Waals surface area (Å²) in [6.45, 7) is 13.9. The Hall–Kier alpha value is -8.10. The number of ether oxygens (including phenoxy) is 2. The largest absolute Gasteiger partial charge is 0.490 e. The summed E-state index contributed by atoms with van der Waals surface area (Å²) in [7, 11) is 0. The number of amides is 6. The normalized spacial score (nSPS) is 18.3. The molecule has 82 heavy (non-hydrogen) atoms. The second kappa shape index (κ2) is 23.0. The molecule has 0 aliphatic carbocycles. The fraction of sp³-hybridized carbons (Fsp3) is 0.403. The van der Waals surface area contributed by atoms with Crippen molar-refractivity contribution in [2.45, 2.75) is 104 Å². The molecule has 3 fully saturated rings. The summed E-state index contributed by atoms with van der Waals surface area (Å²) in [5.74, 6) is -2.34. The first-order valence-corrected chi connectivity index (χ1v) is 29.0. The highest BCUT2D eigenvalue weighted by Crippen LogP contribution is 2.38. The summed E-state index contributed by atoms with van der Waals surface area (Å²) in [5, 5.41) is 5.73. The number of carbonyl (C=O) groups is 7. The number of aromatic nitrogens is 2. The van der Waals surface area contributed by atoms with Crippen molar-refractivity contribution in [2.24, 2.45) is 5.92 Å². The third-order valence-electron chi connectivity index (χ3n) is 16.3. The summed E-state index contributed by atoms with van der Waals surface area (Å²) < 4.78 is 29.2. The van der Waals surface area contributed by atoms with Gasteiger partial charge in [-0.25, -0.2) is 19.2 Å². The Labute approximate surface area is 478 Å². The van der Waals surface area contributed by atoms with Crippen molar-refractivity contribution in [3.63, 3.8) is 0 Å². The number of hydrogen-bond acceptors (Lipinski definition) is 15. The van der Waals surface area contributed by atoms with Crippen LogP contribution in [0.4, 0.5) is 21.0 Å². The molecule has 0 radical (unpaired) electrons. The molecule has 6 amide bonds. The van der Waals surface area contributed by atoms with Crippen molar-refractivity contribution in [1.29, 1.82) is 0 Å². The van der Waals surface area contributed by atoms with E-state index in [9.17, 15) is 33.6 Å². The molecular formula is C62H66FN9O9S. The zero-order valence-corrected chi connectivity index (χ0v) is 47.5. The van der Waals surface area contributed by atoms with Crippen LogP contribution in [0.25, 0.3) is 21.3 Å². The highest BCUT2D eigenvalue weighted by molar-refractivity contribution is 7.22. The van der Waals surface area contributed by atoms with Gasteiger partial charge in [-0.15, -0.1) is 0 Å². The number of rotatable bonds is 14. The van der Waals surface area contributed by atoms with Crippen molar-refractivity contribution in [2.75, 3.05) is 67.5 Å². The monoisotopic (exact) mass is 1130 g/mol. The molecule has 2 aromatic heterocycles. The molecule has 11 rings (SSSR count). The molecule has 2 unspecified atom stereocenters. The van der Waals surface area contributed by atoms with Crippen LogP contribution in [0.2, 0.25) is 0 Å². The van der Waals surface area contributed by atoms with Crippen LogP contribution in [0.1, 0.15) is 124 Å². The first-order valence-electron chi connectivity index (χ1n) is 28.2. The van der Waals surface area contributed by atoms with Crippen molar-refractivity contribution < 1.29 is 47.4 Å². The molecule has 3 saturated heterocycles. The van der Waals surface area contributed by atoms with Gasteiger partial charge in [0.05, 0.1) is 39.7 Å². The molecule has 5 aliphatic rings. The van der Waals surface area contributed by atoms with Crippen LogP contribution in [0.5, 0.6) is 5.75 Å². The van der Waals surface area contributed by atoms with Crippen LogP contribution in [-0.2, 0) is 32.1 Å². The van der Waals surface area contributed by atoms with Gasteiger partial charge in [-0.1, -0.05) is 47.7 Å². The lowest BCUT2D eigenvalue weighted by atomic mass is 9.91. The smallest absolute Gasteiger partial charge is 0.358 e. The number of piperidine rings is 2. The Morgan fingerprint density at radius 1 is 0.805 bits per heavy atom. The summed E-state index contributed by atoms with van der Waals surface area (Å²) in [4.78, 5) is 111. The van der Waals surface area contributed by atoms with Gasteiger partial charge in [-0.2, -0.15) is 0 Å². The van der Waals surface area contributed by atoms with Gasteiger partial charge in [-0.3, -0.25) is 49.2 Å². The molecule has 7 heterocycles. The number of likely N-dealkylation sites (tertiary alicyclic amines) is 1. The van der Waals surface area contributed by atoms with Crippen LogP contribution in [0.15, 0.2) is 84.9 Å². The summed E-state index contributed by atoms with van der Waals surface area (Å²) in [6, 6.07) is 24.5. The number of fused-ring (bicyclic) bond motifs is 3. The molecule has 2 N–H and O–H groups in total. The highest BCUT2D eigenvalue weighted by Gasteiger charge is 2.45. The maximum absolute atomic E-state index is 15.6. The number of hydrogen-bond donors (Lipinski definition) is 2. The number of esters is 1. The van der Waals surface area contributed by atoms with Crippen molar-refractivity contribution in [1.82, 2.24) is 30.0 Å². The number of nitrogens with one attached hydrogen (secondary N) is 2. The van der Waals surface area contributed by atoms with Gasteiger partial charge >= 0.3 is 5.97 Å². The van der Waals surface area contributed by atoms with E-state index in [0.717, 1.165) is 82.2 Å². The van der Waals surface area contributed by atoms with Crippen LogP contribution in [0, 0.1) is 18.7 Å². The average molecular weight is 1130 g/mol. The fourth-order valence-corrected chi connectivity index (χ4v) is 12.7. The van der Waals surface area contributed by atoms with Crippen LogP contribution < -0.4 is 25.2 Å². The molecular weight excluding hydrogens is 1070 g/mol. The second-order valence-electron chi connectivity index (χ2n) is 22.9. The number of carbonyl (C=O) groups excluding carboxylic acids is 7. The SMILES string of the molecule is Cc1c(OC(C)CCC2CCN(CC(=O)N3CCN(c4cc5c(cc4F)C(=O)N(C4CCC(=O)NC4=O)C5=O)CC3)CC2)cccc1-c1ccc(N2CCc3cccc(C(=O)Nc4nc5ccccc5s4)c3C2)nc1C(=O)OC(C)(C)C. The van der Waals surface area contributed by atoms with E-state index in [2.05, 4.69) is 38.4 Å². The van der Waals surface area contributed by atoms with Crippen molar-refractivity contribution >= 4 is 79.6 Å². The van der Waals surface area contributed by atoms with E-state index in [1.807, 2.05) is 94.4 Å². The Morgan fingerprint density at radius 2 is 1.55 bits per heavy atom. The van der Waals surface area contributed by atoms with Gasteiger partial charge in [0, 0.05) is 56.8 Å². The van der Waals surface area contributed by atoms with E-state index in [-0.39, 0.29) is 59.8 Å². The molecule has 0 saturated carbocycles. The Balaban J connectivity index is 0.674. The van der Waals surface area contributed by atoms with Gasteiger partial charge < -0.3 is 24.2 Å². The van der Waals surface area contributed by atoms with E-state index in [0.29, 0.717) is 79.4 Å². The van der Waals surface area contributed by atoms with Gasteiger partial charge in [0.1, 0.15) is 29.0 Å². The van der Waals surface area contributed by atoms with E-state index in [1.54, 1.807) is 9.80 Å². The van der Waals surface area contributed by atoms with E-state index < -0.39 is 47.1 Å². The number of benzene rings is 4. The zero-order valence-electron chi connectivity index (χ0n) is 46.7. The fourth-order valence-electron chi connectivity index (χ4n) is 11.8. The molecule has 0 bridgehead atoms. The van der Waals surface area contributed by atoms with Gasteiger partial charge in [0.25, 0.3) is 17.7 Å². The lowest BCUT2D eigenvalue weighted by Gasteiger charge is -2.38. The molecule has 4 aromatic carbocycles. The standard InChI is InChI=1S/C62H66FN9O9S/c1-36(16-17-38-22-25-68(26-23-38)35-54(74)70-30-28-69(29-31-70)49-33-44-43(32-46(49)63)58(77)72(59(44)78)48-19-21-53(73)66-57(48)76)80-50-14-9-11-40(37(50)2)41-18-20-52(65-55(41)60(79)81-62(3,4)5)71-27-24-39-10-8-12-42(45(39)34-71)56(75)67-61-64-47-13-6-7-15-51(47)82-61/h6-15,18,20,32-33,36,38,48H,16-17,19,21-31,34-35H2,1-5H3,(H,64,67,75)(H,66,73,76). The topological polar surface area (TPSA) is 204 Å². The van der Waals surface area contributed by atoms with Gasteiger partial charge in [-0.05, 0) is 163 Å². The lowest BCUT2D eigenvalue weighted by Crippen LogP contribution is -2.54. The van der Waals surface area contributed by atoms with E-state index >= 15 is 4.39 Å². The Morgan fingerprint density at radius 3 is 2.29 bits per heavy atom. The average Bonchev–Trinajstić information content (AvgIpc) is 4.06. The van der Waals surface area contributed by atoms with E-state index in [1.165, 1.54) is 17.4 Å². The number of nitrogens with zero attached hydrogens (tertiary/aromatic N) is 7. The number of piperazine rings is 1. The highest BCUT2D eigenvalue weighted by atomic mass is 32.1. The molecule has 0 spiro atoms. The molecule has 2 atom stereocenters.